The molecule has 0 bridgehead atoms. The molecule has 1 aromatic rings. The van der Waals surface area contributed by atoms with Crippen LogP contribution in [0.1, 0.15) is 5.56 Å². The molecule has 0 spiro atoms. The zero-order valence-corrected chi connectivity index (χ0v) is 7.72. The molecule has 0 aliphatic rings. The molecule has 0 radical (unpaired) electrons. The maximum absolute atomic E-state index is 7.71. The van der Waals surface area contributed by atoms with Gasteiger partial charge in [0, 0.05) is 12.2 Å². The maximum Gasteiger partial charge on any atom is 0.0919 e. The van der Waals surface area contributed by atoms with Crippen LogP contribution in [0.2, 0.25) is 0 Å². The molecule has 0 aliphatic carbocycles. The molecule has 1 rings (SSSR count). The average Bonchev–Trinajstić information content (AvgIpc) is 2.28. The van der Waals surface area contributed by atoms with E-state index in [1.165, 1.54) is 5.56 Å². The number of nitriles is 2. The highest BCUT2D eigenvalue weighted by Gasteiger charge is 1.75. The molecule has 2 heteroatoms. The van der Waals surface area contributed by atoms with Crippen LogP contribution in [0.5, 0.6) is 0 Å². The van der Waals surface area contributed by atoms with Crippen molar-refractivity contribution in [2.45, 2.75) is 0 Å². The third-order valence-electron chi connectivity index (χ3n) is 1.27. The average molecular weight is 182 g/mol. The molecular formula is C12H10N2. The lowest BCUT2D eigenvalue weighted by molar-refractivity contribution is 1.52. The van der Waals surface area contributed by atoms with Crippen LogP contribution in [-0.2, 0) is 0 Å². The Morgan fingerprint density at radius 3 is 1.79 bits per heavy atom. The van der Waals surface area contributed by atoms with E-state index < -0.39 is 0 Å². The van der Waals surface area contributed by atoms with E-state index in [0.29, 0.717) is 0 Å². The standard InChI is InChI=1S/C8H8.C4H2N2/c1-2-8-6-4-3-5-7-8;5-3-1-2-4-6/h2-7H,1H2;1-2H. The van der Waals surface area contributed by atoms with Gasteiger partial charge in [-0.2, -0.15) is 10.5 Å². The second kappa shape index (κ2) is 8.77. The molecule has 2 nitrogen and oxygen atoms in total. The molecule has 0 unspecified atom stereocenters. The highest BCUT2D eigenvalue weighted by atomic mass is 14.2. The number of hydrogen-bond donors (Lipinski definition) is 0. The Bertz CT molecular complexity index is 348. The molecule has 0 atom stereocenters. The topological polar surface area (TPSA) is 47.6 Å². The fourth-order valence-electron chi connectivity index (χ4n) is 0.664. The summed E-state index contributed by atoms with van der Waals surface area (Å²) < 4.78 is 0. The van der Waals surface area contributed by atoms with Crippen LogP contribution >= 0.6 is 0 Å². The van der Waals surface area contributed by atoms with E-state index in [9.17, 15) is 0 Å². The first-order valence-electron chi connectivity index (χ1n) is 3.97. The fraction of sp³-hybridized carbons (Fsp3) is 0. The minimum Gasteiger partial charge on any atom is -0.193 e. The van der Waals surface area contributed by atoms with Gasteiger partial charge in [0.25, 0.3) is 0 Å². The van der Waals surface area contributed by atoms with Crippen LogP contribution in [0.3, 0.4) is 0 Å². The van der Waals surface area contributed by atoms with Crippen molar-refractivity contribution in [1.29, 1.82) is 10.5 Å². The molecule has 68 valence electrons. The van der Waals surface area contributed by atoms with Crippen molar-refractivity contribution >= 4 is 6.08 Å². The summed E-state index contributed by atoms with van der Waals surface area (Å²) in [6.45, 7) is 3.63. The van der Waals surface area contributed by atoms with E-state index in [1.807, 2.05) is 36.4 Å². The number of hydrogen-bond acceptors (Lipinski definition) is 2. The first-order chi connectivity index (χ1) is 6.85. The minimum atomic E-state index is 1.12. The molecule has 0 N–H and O–H groups in total. The summed E-state index contributed by atoms with van der Waals surface area (Å²) >= 11 is 0. The summed E-state index contributed by atoms with van der Waals surface area (Å²) in [6, 6.07) is 13.4. The lowest BCUT2D eigenvalue weighted by Crippen LogP contribution is -1.63. The van der Waals surface area contributed by atoms with Gasteiger partial charge in [0.05, 0.1) is 12.1 Å². The molecule has 0 saturated carbocycles. The number of allylic oxidation sites excluding steroid dienone is 2. The molecule has 0 fully saturated rings. The minimum absolute atomic E-state index is 1.12. The predicted octanol–water partition coefficient (Wildman–Crippen LogP) is 2.92. The molecule has 0 amide bonds. The van der Waals surface area contributed by atoms with Crippen molar-refractivity contribution in [2.75, 3.05) is 0 Å². The lowest BCUT2D eigenvalue weighted by atomic mass is 10.2. The summed E-state index contributed by atoms with van der Waals surface area (Å²) in [5.74, 6) is 0. The molecule has 0 heterocycles. The number of rotatable bonds is 1. The van der Waals surface area contributed by atoms with Crippen molar-refractivity contribution in [3.63, 3.8) is 0 Å². The maximum atomic E-state index is 7.71. The highest BCUT2D eigenvalue weighted by Crippen LogP contribution is 1.97. The zero-order chi connectivity index (χ0) is 10.6. The summed E-state index contributed by atoms with van der Waals surface area (Å²) in [6.07, 6.45) is 4.08. The van der Waals surface area contributed by atoms with Gasteiger partial charge in [-0.15, -0.1) is 0 Å². The SMILES string of the molecule is C=Cc1ccccc1.N#CC=CC#N. The zero-order valence-electron chi connectivity index (χ0n) is 7.72. The summed E-state index contributed by atoms with van der Waals surface area (Å²) in [7, 11) is 0. The number of benzene rings is 1. The van der Waals surface area contributed by atoms with Gasteiger partial charge in [-0.25, -0.2) is 0 Å². The van der Waals surface area contributed by atoms with Gasteiger partial charge in [0.2, 0.25) is 0 Å². The van der Waals surface area contributed by atoms with Crippen LogP contribution in [0.4, 0.5) is 0 Å². The van der Waals surface area contributed by atoms with Crippen molar-refractivity contribution in [2.24, 2.45) is 0 Å². The van der Waals surface area contributed by atoms with Crippen molar-refractivity contribution in [3.05, 3.63) is 54.6 Å². The first-order valence-corrected chi connectivity index (χ1v) is 3.97. The molecule has 0 aromatic heterocycles. The Kier molecular flexibility index (Phi) is 7.32. The van der Waals surface area contributed by atoms with Crippen LogP contribution in [0, 0.1) is 22.7 Å². The van der Waals surface area contributed by atoms with Crippen molar-refractivity contribution in [1.82, 2.24) is 0 Å². The van der Waals surface area contributed by atoms with Crippen LogP contribution in [-0.4, -0.2) is 0 Å². The second-order valence-corrected chi connectivity index (χ2v) is 2.21. The van der Waals surface area contributed by atoms with Crippen LogP contribution in [0.15, 0.2) is 49.1 Å². The third kappa shape index (κ3) is 6.39. The van der Waals surface area contributed by atoms with Crippen LogP contribution in [0.25, 0.3) is 6.08 Å². The number of nitrogens with zero attached hydrogens (tertiary/aromatic N) is 2. The van der Waals surface area contributed by atoms with Gasteiger partial charge >= 0.3 is 0 Å². The molecule has 1 aromatic carbocycles. The van der Waals surface area contributed by atoms with E-state index in [-0.39, 0.29) is 0 Å². The smallest absolute Gasteiger partial charge is 0.0919 e. The quantitative estimate of drug-likeness (QED) is 0.627. The van der Waals surface area contributed by atoms with E-state index in [1.54, 1.807) is 12.1 Å². The van der Waals surface area contributed by atoms with E-state index in [4.69, 9.17) is 10.5 Å². The Morgan fingerprint density at radius 1 is 1.00 bits per heavy atom. The Balaban J connectivity index is 0.000000255. The van der Waals surface area contributed by atoms with Gasteiger partial charge in [-0.3, -0.25) is 0 Å². The Hall–Kier alpha value is -2.32. The predicted molar refractivity (Wildman–Crippen MR) is 56.9 cm³/mol. The van der Waals surface area contributed by atoms with E-state index in [2.05, 4.69) is 6.58 Å². The van der Waals surface area contributed by atoms with E-state index >= 15 is 0 Å². The second-order valence-electron chi connectivity index (χ2n) is 2.21. The Morgan fingerprint density at radius 2 is 1.50 bits per heavy atom. The van der Waals surface area contributed by atoms with Gasteiger partial charge in [0.1, 0.15) is 0 Å². The van der Waals surface area contributed by atoms with E-state index in [0.717, 1.165) is 12.2 Å². The Labute approximate surface area is 84.0 Å². The monoisotopic (exact) mass is 182 g/mol. The third-order valence-corrected chi connectivity index (χ3v) is 1.27. The molecule has 0 aliphatic heterocycles. The van der Waals surface area contributed by atoms with Gasteiger partial charge in [0.15, 0.2) is 0 Å². The fourth-order valence-corrected chi connectivity index (χ4v) is 0.664. The highest BCUT2D eigenvalue weighted by molar-refractivity contribution is 5.45. The molecule has 0 saturated heterocycles. The van der Waals surface area contributed by atoms with Gasteiger partial charge in [-0.05, 0) is 5.56 Å². The normalized spacial score (nSPS) is 7.86. The largest absolute Gasteiger partial charge is 0.193 e. The summed E-state index contributed by atoms with van der Waals surface area (Å²) in [5.41, 5.74) is 1.17. The summed E-state index contributed by atoms with van der Waals surface area (Å²) in [4.78, 5) is 0. The van der Waals surface area contributed by atoms with Gasteiger partial charge in [-0.1, -0.05) is 43.0 Å². The van der Waals surface area contributed by atoms with Crippen LogP contribution < -0.4 is 0 Å². The van der Waals surface area contributed by atoms with Crippen molar-refractivity contribution in [3.8, 4) is 12.1 Å². The lowest BCUT2D eigenvalue weighted by Gasteiger charge is -1.85. The van der Waals surface area contributed by atoms with Gasteiger partial charge < -0.3 is 0 Å². The molecular weight excluding hydrogens is 172 g/mol. The van der Waals surface area contributed by atoms with Crippen molar-refractivity contribution < 1.29 is 0 Å². The summed E-state index contributed by atoms with van der Waals surface area (Å²) in [5, 5.41) is 15.4. The first kappa shape index (κ1) is 11.7. The molecule has 14 heavy (non-hydrogen) atoms.